The molecule has 0 saturated carbocycles. The molecule has 0 N–H and O–H groups in total. The lowest BCUT2D eigenvalue weighted by molar-refractivity contribution is -0.131. The first-order chi connectivity index (χ1) is 14.1. The number of carbonyl (C=O) groups excluding carboxylic acids is 1. The summed E-state index contributed by atoms with van der Waals surface area (Å²) in [5.74, 6) is 0.520. The van der Waals surface area contributed by atoms with E-state index in [2.05, 4.69) is 6.58 Å². The van der Waals surface area contributed by atoms with Gasteiger partial charge >= 0.3 is 5.63 Å². The number of carbonyl (C=O) groups is 1. The van der Waals surface area contributed by atoms with E-state index in [1.165, 1.54) is 4.90 Å². The molecule has 1 aliphatic heterocycles. The Morgan fingerprint density at radius 1 is 1.37 bits per heavy atom. The van der Waals surface area contributed by atoms with Crippen molar-refractivity contribution in [3.05, 3.63) is 51.9 Å². The molecule has 2 aromatic rings. The third kappa shape index (κ3) is 4.92. The van der Waals surface area contributed by atoms with Gasteiger partial charge in [-0.3, -0.25) is 4.79 Å². The van der Waals surface area contributed by atoms with Crippen LogP contribution in [0, 0.1) is 6.92 Å². The first-order valence-electron chi connectivity index (χ1n) is 9.87. The summed E-state index contributed by atoms with van der Waals surface area (Å²) >= 11 is 0. The minimum absolute atomic E-state index is 0.00215. The van der Waals surface area contributed by atoms with Crippen LogP contribution in [0.5, 0.6) is 5.75 Å². The van der Waals surface area contributed by atoms with Gasteiger partial charge in [-0.2, -0.15) is 0 Å². The summed E-state index contributed by atoms with van der Waals surface area (Å²) in [6, 6.07) is 5.02. The summed E-state index contributed by atoms with van der Waals surface area (Å²) in [7, 11) is -1.44. The number of nitrogens with zero attached hydrogens (tertiary/aromatic N) is 1. The van der Waals surface area contributed by atoms with Crippen molar-refractivity contribution in [1.29, 1.82) is 0 Å². The van der Waals surface area contributed by atoms with Crippen molar-refractivity contribution in [1.82, 2.24) is 4.90 Å². The second kappa shape index (κ2) is 8.63. The number of hydrogen-bond acceptors (Lipinski definition) is 6. The number of ether oxygens (including phenoxy) is 1. The molecule has 1 saturated heterocycles. The molecule has 7 nitrogen and oxygen atoms in total. The summed E-state index contributed by atoms with van der Waals surface area (Å²) < 4.78 is 34.4. The van der Waals surface area contributed by atoms with Gasteiger partial charge in [0.1, 0.15) is 17.9 Å². The van der Waals surface area contributed by atoms with Gasteiger partial charge in [-0.1, -0.05) is 6.58 Å². The van der Waals surface area contributed by atoms with Crippen LogP contribution >= 0.6 is 0 Å². The molecule has 1 amide bonds. The molecular weight excluding hydrogens is 406 g/mol. The Morgan fingerprint density at radius 2 is 2.10 bits per heavy atom. The molecule has 0 spiro atoms. The fourth-order valence-corrected chi connectivity index (χ4v) is 5.43. The van der Waals surface area contributed by atoms with E-state index in [4.69, 9.17) is 9.15 Å². The fraction of sp³-hybridized carbons (Fsp3) is 0.455. The zero-order valence-electron chi connectivity index (χ0n) is 17.6. The molecule has 30 heavy (non-hydrogen) atoms. The second-order valence-corrected chi connectivity index (χ2v) is 10.2. The normalized spacial score (nSPS) is 17.8. The molecule has 1 fully saturated rings. The Labute approximate surface area is 176 Å². The van der Waals surface area contributed by atoms with E-state index in [0.29, 0.717) is 29.9 Å². The van der Waals surface area contributed by atoms with E-state index >= 15 is 0 Å². The van der Waals surface area contributed by atoms with Gasteiger partial charge in [0.05, 0.1) is 11.5 Å². The van der Waals surface area contributed by atoms with Crippen molar-refractivity contribution in [2.75, 3.05) is 25.2 Å². The standard InChI is InChI=1S/C22H27NO6S/c1-14(2)12-28-17-5-6-18-15(3)19(22(25)29-20(18)11-17)7-8-21(24)23(4)16-9-10-30(26,27)13-16/h5-6,11,16H,1,7-10,12-13H2,2-4H3. The highest BCUT2D eigenvalue weighted by Crippen LogP contribution is 2.25. The highest BCUT2D eigenvalue weighted by molar-refractivity contribution is 7.91. The van der Waals surface area contributed by atoms with Crippen molar-refractivity contribution in [3.8, 4) is 5.75 Å². The predicted octanol–water partition coefficient (Wildman–Crippen LogP) is 2.63. The SMILES string of the molecule is C=C(C)COc1ccc2c(C)c(CCC(=O)N(C)C3CCS(=O)(=O)C3)c(=O)oc2c1. The van der Waals surface area contributed by atoms with Crippen LogP contribution in [0.2, 0.25) is 0 Å². The molecular formula is C22H27NO6S. The fourth-order valence-electron chi connectivity index (χ4n) is 3.65. The molecule has 0 radical (unpaired) electrons. The Hall–Kier alpha value is -2.61. The van der Waals surface area contributed by atoms with Crippen molar-refractivity contribution < 1.29 is 22.4 Å². The second-order valence-electron chi connectivity index (χ2n) is 7.96. The van der Waals surface area contributed by atoms with Gasteiger partial charge in [-0.15, -0.1) is 0 Å². The molecule has 0 bridgehead atoms. The van der Waals surface area contributed by atoms with E-state index in [1.807, 2.05) is 26.0 Å². The lowest BCUT2D eigenvalue weighted by Gasteiger charge is -2.23. The maximum absolute atomic E-state index is 12.5. The number of fused-ring (bicyclic) bond motifs is 1. The van der Waals surface area contributed by atoms with Crippen molar-refractivity contribution in [2.45, 2.75) is 39.2 Å². The molecule has 1 aromatic heterocycles. The van der Waals surface area contributed by atoms with Crippen molar-refractivity contribution >= 4 is 26.7 Å². The van der Waals surface area contributed by atoms with Gasteiger partial charge in [0, 0.05) is 36.5 Å². The van der Waals surface area contributed by atoms with Gasteiger partial charge in [-0.25, -0.2) is 13.2 Å². The maximum atomic E-state index is 12.5. The van der Waals surface area contributed by atoms with Gasteiger partial charge in [0.15, 0.2) is 9.84 Å². The molecule has 0 aliphatic carbocycles. The third-order valence-electron chi connectivity index (χ3n) is 5.48. The first kappa shape index (κ1) is 22.1. The van der Waals surface area contributed by atoms with Gasteiger partial charge < -0.3 is 14.1 Å². The molecule has 1 aromatic carbocycles. The number of rotatable bonds is 7. The van der Waals surface area contributed by atoms with Crippen LogP contribution in [-0.2, 0) is 21.1 Å². The topological polar surface area (TPSA) is 93.9 Å². The molecule has 1 atom stereocenters. The Kier molecular flexibility index (Phi) is 6.36. The highest BCUT2D eigenvalue weighted by atomic mass is 32.2. The number of benzene rings is 1. The average molecular weight is 434 g/mol. The molecule has 1 unspecified atom stereocenters. The zero-order chi connectivity index (χ0) is 22.1. The highest BCUT2D eigenvalue weighted by Gasteiger charge is 2.32. The lowest BCUT2D eigenvalue weighted by Crippen LogP contribution is -2.38. The molecule has 1 aliphatic rings. The van der Waals surface area contributed by atoms with Gasteiger partial charge in [-0.05, 0) is 50.0 Å². The van der Waals surface area contributed by atoms with E-state index in [9.17, 15) is 18.0 Å². The Balaban J connectivity index is 1.74. The molecule has 2 heterocycles. The van der Waals surface area contributed by atoms with Crippen LogP contribution in [0.1, 0.15) is 30.9 Å². The molecule has 3 rings (SSSR count). The van der Waals surface area contributed by atoms with E-state index in [0.717, 1.165) is 16.5 Å². The molecule has 8 heteroatoms. The minimum Gasteiger partial charge on any atom is -0.489 e. The number of amides is 1. The van der Waals surface area contributed by atoms with Crippen molar-refractivity contribution in [3.63, 3.8) is 0 Å². The van der Waals surface area contributed by atoms with E-state index in [-0.39, 0.29) is 36.3 Å². The molecule has 162 valence electrons. The smallest absolute Gasteiger partial charge is 0.339 e. The van der Waals surface area contributed by atoms with Crippen LogP contribution in [0.4, 0.5) is 0 Å². The third-order valence-corrected chi connectivity index (χ3v) is 7.23. The zero-order valence-corrected chi connectivity index (χ0v) is 18.4. The van der Waals surface area contributed by atoms with Crippen LogP contribution in [-0.4, -0.2) is 50.4 Å². The minimum atomic E-state index is -3.07. The summed E-state index contributed by atoms with van der Waals surface area (Å²) in [6.45, 7) is 7.87. The van der Waals surface area contributed by atoms with E-state index < -0.39 is 15.5 Å². The monoisotopic (exact) mass is 433 g/mol. The van der Waals surface area contributed by atoms with Crippen LogP contribution < -0.4 is 10.4 Å². The quantitative estimate of drug-likeness (QED) is 0.492. The van der Waals surface area contributed by atoms with Crippen LogP contribution in [0.25, 0.3) is 11.0 Å². The first-order valence-corrected chi connectivity index (χ1v) is 11.7. The van der Waals surface area contributed by atoms with Gasteiger partial charge in [0.25, 0.3) is 0 Å². The van der Waals surface area contributed by atoms with Gasteiger partial charge in [0.2, 0.25) is 5.91 Å². The summed E-state index contributed by atoms with van der Waals surface area (Å²) in [5, 5.41) is 0.787. The summed E-state index contributed by atoms with van der Waals surface area (Å²) in [4.78, 5) is 26.6. The number of hydrogen-bond donors (Lipinski definition) is 0. The number of aryl methyl sites for hydroxylation is 1. The maximum Gasteiger partial charge on any atom is 0.339 e. The van der Waals surface area contributed by atoms with E-state index in [1.54, 1.807) is 13.1 Å². The Morgan fingerprint density at radius 3 is 2.73 bits per heavy atom. The Bertz CT molecular complexity index is 1150. The lowest BCUT2D eigenvalue weighted by atomic mass is 10.0. The summed E-state index contributed by atoms with van der Waals surface area (Å²) in [6.07, 6.45) is 0.808. The predicted molar refractivity (Wildman–Crippen MR) is 116 cm³/mol. The van der Waals surface area contributed by atoms with Crippen molar-refractivity contribution in [2.24, 2.45) is 0 Å². The number of sulfone groups is 1. The van der Waals surface area contributed by atoms with Crippen LogP contribution in [0.15, 0.2) is 39.6 Å². The largest absolute Gasteiger partial charge is 0.489 e. The summed E-state index contributed by atoms with van der Waals surface area (Å²) in [5.41, 5.74) is 2.06. The average Bonchev–Trinajstić information content (AvgIpc) is 3.04. The van der Waals surface area contributed by atoms with Crippen LogP contribution in [0.3, 0.4) is 0 Å².